The number of hydrogen-bond donors (Lipinski definition) is 2. The summed E-state index contributed by atoms with van der Waals surface area (Å²) in [6, 6.07) is 2.74. The van der Waals surface area contributed by atoms with Gasteiger partial charge >= 0.3 is 0 Å². The second-order valence-corrected chi connectivity index (χ2v) is 5.71. The van der Waals surface area contributed by atoms with Gasteiger partial charge in [0.2, 0.25) is 0 Å². The molecule has 0 amide bonds. The Morgan fingerprint density at radius 2 is 2.41 bits per heavy atom. The summed E-state index contributed by atoms with van der Waals surface area (Å²) < 4.78 is 0. The zero-order chi connectivity index (χ0) is 12.3. The summed E-state index contributed by atoms with van der Waals surface area (Å²) >= 11 is 1.99. The molecule has 0 aliphatic carbocycles. The lowest BCUT2D eigenvalue weighted by Gasteiger charge is -2.37. The van der Waals surface area contributed by atoms with E-state index in [1.54, 1.807) is 0 Å². The molecule has 2 rings (SSSR count). The molecule has 1 aromatic rings. The van der Waals surface area contributed by atoms with Gasteiger partial charge in [-0.3, -0.25) is 21.2 Å². The smallest absolute Gasteiger partial charge is 0.0638 e. The standard InChI is InChI=1S/C12H20N4S/c1-9-5-10(7-14-6-9)12(15-13)11-8-17-4-3-16(11)2/h5-7,11-12,15H,3-4,8,13H2,1-2H3. The van der Waals surface area contributed by atoms with Gasteiger partial charge in [-0.2, -0.15) is 11.8 Å². The molecule has 1 aliphatic heterocycles. The maximum atomic E-state index is 5.73. The minimum absolute atomic E-state index is 0.153. The number of nitrogens with one attached hydrogen (secondary N) is 1. The molecule has 0 aromatic carbocycles. The summed E-state index contributed by atoms with van der Waals surface area (Å²) in [7, 11) is 2.16. The molecule has 1 aromatic heterocycles. The predicted molar refractivity (Wildman–Crippen MR) is 72.8 cm³/mol. The average Bonchev–Trinajstić information content (AvgIpc) is 2.33. The molecule has 94 valence electrons. The molecule has 2 atom stereocenters. The van der Waals surface area contributed by atoms with Crippen molar-refractivity contribution >= 4 is 11.8 Å². The molecule has 0 radical (unpaired) electrons. The summed E-state index contributed by atoms with van der Waals surface area (Å²) in [5.74, 6) is 8.05. The molecule has 4 nitrogen and oxygen atoms in total. The van der Waals surface area contributed by atoms with E-state index >= 15 is 0 Å². The van der Waals surface area contributed by atoms with Gasteiger partial charge in [-0.05, 0) is 25.1 Å². The lowest BCUT2D eigenvalue weighted by molar-refractivity contribution is 0.216. The van der Waals surface area contributed by atoms with Crippen LogP contribution in [0.3, 0.4) is 0 Å². The highest BCUT2D eigenvalue weighted by Crippen LogP contribution is 2.26. The van der Waals surface area contributed by atoms with Gasteiger partial charge in [0.15, 0.2) is 0 Å². The molecule has 1 saturated heterocycles. The summed E-state index contributed by atoms with van der Waals surface area (Å²) in [6.45, 7) is 3.18. The van der Waals surface area contributed by atoms with Crippen LogP contribution in [0.2, 0.25) is 0 Å². The fraction of sp³-hybridized carbons (Fsp3) is 0.583. The lowest BCUT2D eigenvalue weighted by atomic mass is 10.0. The van der Waals surface area contributed by atoms with Gasteiger partial charge in [-0.1, -0.05) is 6.07 Å². The van der Waals surface area contributed by atoms with Crippen LogP contribution in [0.15, 0.2) is 18.5 Å². The number of nitrogens with zero attached hydrogens (tertiary/aromatic N) is 2. The van der Waals surface area contributed by atoms with Crippen molar-refractivity contribution in [1.29, 1.82) is 0 Å². The van der Waals surface area contributed by atoms with Gasteiger partial charge < -0.3 is 0 Å². The molecule has 1 aliphatic rings. The molecular formula is C12H20N4S. The van der Waals surface area contributed by atoms with Crippen molar-refractivity contribution in [2.24, 2.45) is 5.84 Å². The average molecular weight is 252 g/mol. The minimum Gasteiger partial charge on any atom is -0.300 e. The number of rotatable bonds is 3. The Hall–Kier alpha value is -0.620. The third kappa shape index (κ3) is 2.98. The third-order valence-electron chi connectivity index (χ3n) is 3.26. The monoisotopic (exact) mass is 252 g/mol. The Morgan fingerprint density at radius 3 is 3.06 bits per heavy atom. The van der Waals surface area contributed by atoms with Crippen LogP contribution in [-0.4, -0.2) is 41.0 Å². The highest BCUT2D eigenvalue weighted by atomic mass is 32.2. The molecule has 0 bridgehead atoms. The quantitative estimate of drug-likeness (QED) is 0.619. The van der Waals surface area contributed by atoms with E-state index < -0.39 is 0 Å². The van der Waals surface area contributed by atoms with E-state index in [1.165, 1.54) is 16.9 Å². The Bertz CT molecular complexity index is 371. The lowest BCUT2D eigenvalue weighted by Crippen LogP contribution is -2.49. The maximum Gasteiger partial charge on any atom is 0.0638 e. The molecule has 1 fully saturated rings. The Kier molecular flexibility index (Phi) is 4.39. The number of thioether (sulfide) groups is 1. The topological polar surface area (TPSA) is 54.2 Å². The molecule has 2 unspecified atom stereocenters. The Balaban J connectivity index is 2.20. The third-order valence-corrected chi connectivity index (χ3v) is 4.31. The summed E-state index contributed by atoms with van der Waals surface area (Å²) in [4.78, 5) is 6.63. The number of likely N-dealkylation sites (N-methyl/N-ethyl adjacent to an activating group) is 1. The number of nitrogens with two attached hydrogens (primary N) is 1. The van der Waals surface area contributed by atoms with Crippen LogP contribution in [0.4, 0.5) is 0 Å². The van der Waals surface area contributed by atoms with E-state index in [9.17, 15) is 0 Å². The zero-order valence-corrected chi connectivity index (χ0v) is 11.2. The van der Waals surface area contributed by atoms with Crippen molar-refractivity contribution in [3.05, 3.63) is 29.6 Å². The first kappa shape index (κ1) is 12.8. The first-order chi connectivity index (χ1) is 8.22. The number of hydrazine groups is 1. The van der Waals surface area contributed by atoms with Crippen LogP contribution >= 0.6 is 11.8 Å². The summed E-state index contributed by atoms with van der Waals surface area (Å²) in [6.07, 6.45) is 3.78. The molecular weight excluding hydrogens is 232 g/mol. The van der Waals surface area contributed by atoms with Crippen LogP contribution < -0.4 is 11.3 Å². The van der Waals surface area contributed by atoms with Crippen molar-refractivity contribution in [2.75, 3.05) is 25.1 Å². The molecule has 0 saturated carbocycles. The second-order valence-electron chi connectivity index (χ2n) is 4.56. The number of hydrogen-bond acceptors (Lipinski definition) is 5. The fourth-order valence-corrected chi connectivity index (χ4v) is 3.51. The fourth-order valence-electron chi connectivity index (χ4n) is 2.23. The van der Waals surface area contributed by atoms with Crippen molar-refractivity contribution in [1.82, 2.24) is 15.3 Å². The molecule has 2 heterocycles. The minimum atomic E-state index is 0.153. The van der Waals surface area contributed by atoms with Gasteiger partial charge in [-0.25, -0.2) is 0 Å². The van der Waals surface area contributed by atoms with E-state index in [-0.39, 0.29) is 6.04 Å². The molecule has 5 heteroatoms. The molecule has 17 heavy (non-hydrogen) atoms. The first-order valence-corrected chi connectivity index (χ1v) is 7.03. The number of pyridine rings is 1. The highest BCUT2D eigenvalue weighted by Gasteiger charge is 2.28. The van der Waals surface area contributed by atoms with Crippen molar-refractivity contribution in [3.8, 4) is 0 Å². The van der Waals surface area contributed by atoms with Crippen LogP contribution in [0, 0.1) is 6.92 Å². The summed E-state index contributed by atoms with van der Waals surface area (Å²) in [5.41, 5.74) is 5.30. The molecule has 3 N–H and O–H groups in total. The zero-order valence-electron chi connectivity index (χ0n) is 10.4. The Morgan fingerprint density at radius 1 is 1.59 bits per heavy atom. The van der Waals surface area contributed by atoms with Crippen molar-refractivity contribution < 1.29 is 0 Å². The maximum absolute atomic E-state index is 5.73. The Labute approximate surface area is 107 Å². The van der Waals surface area contributed by atoms with Crippen LogP contribution in [-0.2, 0) is 0 Å². The largest absolute Gasteiger partial charge is 0.300 e. The van der Waals surface area contributed by atoms with Gasteiger partial charge in [0, 0.05) is 36.5 Å². The van der Waals surface area contributed by atoms with Crippen LogP contribution in [0.25, 0.3) is 0 Å². The predicted octanol–water partition coefficient (Wildman–Crippen LogP) is 0.942. The van der Waals surface area contributed by atoms with Gasteiger partial charge in [0.25, 0.3) is 0 Å². The highest BCUT2D eigenvalue weighted by molar-refractivity contribution is 7.99. The second kappa shape index (κ2) is 5.82. The van der Waals surface area contributed by atoms with E-state index in [1.807, 2.05) is 24.2 Å². The van der Waals surface area contributed by atoms with Crippen LogP contribution in [0.5, 0.6) is 0 Å². The van der Waals surface area contributed by atoms with Crippen molar-refractivity contribution in [2.45, 2.75) is 19.0 Å². The van der Waals surface area contributed by atoms with E-state index in [4.69, 9.17) is 5.84 Å². The van der Waals surface area contributed by atoms with Gasteiger partial charge in [0.1, 0.15) is 0 Å². The first-order valence-electron chi connectivity index (χ1n) is 5.88. The van der Waals surface area contributed by atoms with Gasteiger partial charge in [-0.15, -0.1) is 0 Å². The van der Waals surface area contributed by atoms with Crippen LogP contribution in [0.1, 0.15) is 17.2 Å². The number of aryl methyl sites for hydroxylation is 1. The van der Waals surface area contributed by atoms with E-state index in [0.717, 1.165) is 12.3 Å². The summed E-state index contributed by atoms with van der Waals surface area (Å²) in [5, 5.41) is 0. The van der Waals surface area contributed by atoms with Gasteiger partial charge in [0.05, 0.1) is 6.04 Å². The number of aromatic nitrogens is 1. The van der Waals surface area contributed by atoms with E-state index in [2.05, 4.69) is 35.3 Å². The SMILES string of the molecule is Cc1cncc(C(NN)C2CSCCN2C)c1. The van der Waals surface area contributed by atoms with Crippen molar-refractivity contribution in [3.63, 3.8) is 0 Å². The molecule has 0 spiro atoms. The van der Waals surface area contributed by atoms with E-state index in [0.29, 0.717) is 6.04 Å². The normalized spacial score (nSPS) is 23.6.